The summed E-state index contributed by atoms with van der Waals surface area (Å²) < 4.78 is 0. The third kappa shape index (κ3) is 2.02. The first-order valence-corrected chi connectivity index (χ1v) is 7.85. The summed E-state index contributed by atoms with van der Waals surface area (Å²) in [7, 11) is 0. The van der Waals surface area contributed by atoms with Crippen molar-refractivity contribution in [3.63, 3.8) is 0 Å². The molecular formula is C17H24N2. The van der Waals surface area contributed by atoms with Gasteiger partial charge in [-0.25, -0.2) is 0 Å². The van der Waals surface area contributed by atoms with Crippen LogP contribution in [0.25, 0.3) is 0 Å². The lowest BCUT2D eigenvalue weighted by Crippen LogP contribution is -2.39. The normalized spacial score (nSPS) is 28.6. The number of hydrogen-bond donors (Lipinski definition) is 2. The Morgan fingerprint density at radius 3 is 2.74 bits per heavy atom. The number of aryl methyl sites for hydroxylation is 1. The van der Waals surface area contributed by atoms with Crippen LogP contribution in [0.4, 0.5) is 0 Å². The van der Waals surface area contributed by atoms with Crippen molar-refractivity contribution in [2.75, 3.05) is 13.1 Å². The van der Waals surface area contributed by atoms with Crippen molar-refractivity contribution < 1.29 is 0 Å². The predicted molar refractivity (Wildman–Crippen MR) is 78.5 cm³/mol. The molecule has 1 atom stereocenters. The molecule has 1 saturated carbocycles. The zero-order valence-electron chi connectivity index (χ0n) is 11.8. The molecule has 1 aromatic rings. The fraction of sp³-hybridized carbons (Fsp3) is 0.647. The second-order valence-corrected chi connectivity index (χ2v) is 6.82. The molecule has 2 fully saturated rings. The predicted octanol–water partition coefficient (Wildman–Crippen LogP) is 2.81. The van der Waals surface area contributed by atoms with E-state index in [4.69, 9.17) is 0 Å². The Morgan fingerprint density at radius 2 is 2.00 bits per heavy atom. The highest BCUT2D eigenvalue weighted by Gasteiger charge is 2.45. The van der Waals surface area contributed by atoms with Gasteiger partial charge in [-0.15, -0.1) is 0 Å². The molecule has 2 aliphatic carbocycles. The van der Waals surface area contributed by atoms with Crippen molar-refractivity contribution in [1.29, 1.82) is 0 Å². The number of benzene rings is 1. The molecule has 102 valence electrons. The quantitative estimate of drug-likeness (QED) is 0.850. The van der Waals surface area contributed by atoms with E-state index in [0.29, 0.717) is 11.5 Å². The van der Waals surface area contributed by atoms with Crippen molar-refractivity contribution in [3.8, 4) is 0 Å². The molecule has 1 saturated heterocycles. The molecule has 1 heterocycles. The van der Waals surface area contributed by atoms with Crippen LogP contribution in [-0.2, 0) is 5.41 Å². The molecule has 2 nitrogen and oxygen atoms in total. The summed E-state index contributed by atoms with van der Waals surface area (Å²) in [6, 6.07) is 8.56. The first-order valence-electron chi connectivity index (χ1n) is 7.85. The zero-order valence-corrected chi connectivity index (χ0v) is 11.8. The molecule has 1 aromatic carbocycles. The minimum absolute atomic E-state index is 0.458. The van der Waals surface area contributed by atoms with Crippen LogP contribution in [0.5, 0.6) is 0 Å². The fourth-order valence-corrected chi connectivity index (χ4v) is 4.11. The summed E-state index contributed by atoms with van der Waals surface area (Å²) in [6.45, 7) is 4.60. The van der Waals surface area contributed by atoms with Gasteiger partial charge in [0.15, 0.2) is 0 Å². The van der Waals surface area contributed by atoms with Crippen LogP contribution < -0.4 is 10.6 Å². The van der Waals surface area contributed by atoms with Crippen LogP contribution >= 0.6 is 0 Å². The maximum absolute atomic E-state index is 3.88. The summed E-state index contributed by atoms with van der Waals surface area (Å²) in [5, 5.41) is 7.41. The van der Waals surface area contributed by atoms with E-state index in [1.54, 1.807) is 11.1 Å². The maximum atomic E-state index is 3.88. The van der Waals surface area contributed by atoms with E-state index in [0.717, 1.165) is 6.04 Å². The molecule has 3 aliphatic rings. The van der Waals surface area contributed by atoms with Crippen LogP contribution in [0.3, 0.4) is 0 Å². The lowest BCUT2D eigenvalue weighted by Gasteiger charge is -2.35. The minimum Gasteiger partial charge on any atom is -0.317 e. The lowest BCUT2D eigenvalue weighted by atomic mass is 9.74. The molecule has 0 aromatic heterocycles. The highest BCUT2D eigenvalue weighted by atomic mass is 15.0. The molecule has 2 N–H and O–H groups in total. The standard InChI is InChI=1S/C17H24N2/c1-12-2-5-14-15(10-12)17(6-8-18-9-7-17)11-16(14)19-13-3-4-13/h2,5,10,13,16,18-19H,3-4,6-9,11H2,1H3/t16-/m0/s1. The van der Waals surface area contributed by atoms with Gasteiger partial charge in [0.2, 0.25) is 0 Å². The van der Waals surface area contributed by atoms with E-state index in [9.17, 15) is 0 Å². The van der Waals surface area contributed by atoms with E-state index in [-0.39, 0.29) is 0 Å². The average molecular weight is 256 g/mol. The number of hydrogen-bond acceptors (Lipinski definition) is 2. The number of nitrogens with one attached hydrogen (secondary N) is 2. The van der Waals surface area contributed by atoms with Crippen molar-refractivity contribution >= 4 is 0 Å². The van der Waals surface area contributed by atoms with E-state index >= 15 is 0 Å². The second kappa shape index (κ2) is 4.32. The molecule has 0 bridgehead atoms. The summed E-state index contributed by atoms with van der Waals surface area (Å²) in [4.78, 5) is 0. The van der Waals surface area contributed by atoms with Gasteiger partial charge in [0.05, 0.1) is 0 Å². The largest absolute Gasteiger partial charge is 0.317 e. The summed E-state index contributed by atoms with van der Waals surface area (Å²) in [5.74, 6) is 0. The van der Waals surface area contributed by atoms with Crippen LogP contribution in [-0.4, -0.2) is 19.1 Å². The van der Waals surface area contributed by atoms with Crippen LogP contribution in [0.2, 0.25) is 0 Å². The number of rotatable bonds is 2. The molecule has 1 aliphatic heterocycles. The molecular weight excluding hydrogens is 232 g/mol. The first kappa shape index (κ1) is 11.9. The van der Waals surface area contributed by atoms with Crippen molar-refractivity contribution in [2.45, 2.75) is 56.5 Å². The van der Waals surface area contributed by atoms with E-state index in [2.05, 4.69) is 35.8 Å². The molecule has 2 heteroatoms. The van der Waals surface area contributed by atoms with Gasteiger partial charge in [0, 0.05) is 12.1 Å². The van der Waals surface area contributed by atoms with Crippen molar-refractivity contribution in [2.24, 2.45) is 0 Å². The summed E-state index contributed by atoms with van der Waals surface area (Å²) in [6.07, 6.45) is 6.71. The topological polar surface area (TPSA) is 24.1 Å². The van der Waals surface area contributed by atoms with Gasteiger partial charge < -0.3 is 10.6 Å². The molecule has 4 rings (SSSR count). The Morgan fingerprint density at radius 1 is 1.21 bits per heavy atom. The van der Waals surface area contributed by atoms with Crippen molar-refractivity contribution in [1.82, 2.24) is 10.6 Å². The molecule has 19 heavy (non-hydrogen) atoms. The third-order valence-corrected chi connectivity index (χ3v) is 5.33. The molecule has 0 radical (unpaired) electrons. The Bertz CT molecular complexity index is 484. The lowest BCUT2D eigenvalue weighted by molar-refractivity contribution is 0.282. The van der Waals surface area contributed by atoms with E-state index in [1.807, 2.05) is 0 Å². The Labute approximate surface area is 116 Å². The fourth-order valence-electron chi connectivity index (χ4n) is 4.11. The van der Waals surface area contributed by atoms with E-state index < -0.39 is 0 Å². The number of piperidine rings is 1. The maximum Gasteiger partial charge on any atom is 0.0334 e. The van der Waals surface area contributed by atoms with Gasteiger partial charge in [-0.2, -0.15) is 0 Å². The van der Waals surface area contributed by atoms with Crippen molar-refractivity contribution in [3.05, 3.63) is 34.9 Å². The average Bonchev–Trinajstić information content (AvgIpc) is 3.18. The summed E-state index contributed by atoms with van der Waals surface area (Å²) in [5.41, 5.74) is 5.13. The third-order valence-electron chi connectivity index (χ3n) is 5.33. The smallest absolute Gasteiger partial charge is 0.0334 e. The molecule has 1 spiro atoms. The van der Waals surface area contributed by atoms with Gasteiger partial charge in [-0.1, -0.05) is 23.8 Å². The van der Waals surface area contributed by atoms with Gasteiger partial charge in [0.1, 0.15) is 0 Å². The highest BCUT2D eigenvalue weighted by molar-refractivity contribution is 5.45. The van der Waals surface area contributed by atoms with Crippen LogP contribution in [0.15, 0.2) is 18.2 Å². The number of fused-ring (bicyclic) bond motifs is 2. The van der Waals surface area contributed by atoms with E-state index in [1.165, 1.54) is 50.8 Å². The van der Waals surface area contributed by atoms with Gasteiger partial charge in [0.25, 0.3) is 0 Å². The Balaban J connectivity index is 1.72. The molecule has 0 amide bonds. The Hall–Kier alpha value is -0.860. The monoisotopic (exact) mass is 256 g/mol. The highest BCUT2D eigenvalue weighted by Crippen LogP contribution is 2.50. The Kier molecular flexibility index (Phi) is 2.71. The van der Waals surface area contributed by atoms with Crippen LogP contribution in [0, 0.1) is 6.92 Å². The minimum atomic E-state index is 0.458. The van der Waals surface area contributed by atoms with Gasteiger partial charge >= 0.3 is 0 Å². The first-order chi connectivity index (χ1) is 9.27. The van der Waals surface area contributed by atoms with Crippen LogP contribution in [0.1, 0.15) is 54.8 Å². The second-order valence-electron chi connectivity index (χ2n) is 6.82. The zero-order chi connectivity index (χ0) is 12.9. The SMILES string of the molecule is Cc1ccc2c(c1)C1(CCNCC1)C[C@@H]2NC1CC1. The molecule has 0 unspecified atom stereocenters. The van der Waals surface area contributed by atoms with Gasteiger partial charge in [-0.05, 0) is 68.7 Å². The van der Waals surface area contributed by atoms with Gasteiger partial charge in [-0.3, -0.25) is 0 Å². The summed E-state index contributed by atoms with van der Waals surface area (Å²) >= 11 is 0.